The highest BCUT2D eigenvalue weighted by molar-refractivity contribution is 7.16. The average molecular weight is 332 g/mol. The van der Waals surface area contributed by atoms with Gasteiger partial charge in [0.25, 0.3) is 0 Å². The molecule has 23 heavy (non-hydrogen) atoms. The van der Waals surface area contributed by atoms with Gasteiger partial charge in [-0.25, -0.2) is 4.98 Å². The van der Waals surface area contributed by atoms with Gasteiger partial charge in [-0.2, -0.15) is 0 Å². The van der Waals surface area contributed by atoms with E-state index >= 15 is 0 Å². The van der Waals surface area contributed by atoms with Crippen molar-refractivity contribution in [3.05, 3.63) is 34.7 Å². The molecule has 0 saturated heterocycles. The smallest absolute Gasteiger partial charge is 0.308 e. The summed E-state index contributed by atoms with van der Waals surface area (Å²) in [6, 6.07) is 7.89. The molecule has 0 saturated carbocycles. The van der Waals surface area contributed by atoms with Gasteiger partial charge in [0.2, 0.25) is 5.91 Å². The van der Waals surface area contributed by atoms with E-state index in [-0.39, 0.29) is 18.2 Å². The van der Waals surface area contributed by atoms with Crippen LogP contribution in [0.1, 0.15) is 31.2 Å². The molecule has 1 amide bonds. The fourth-order valence-electron chi connectivity index (χ4n) is 2.04. The van der Waals surface area contributed by atoms with Crippen molar-refractivity contribution in [2.45, 2.75) is 33.6 Å². The SMILES string of the molecule is CCc1ccc(-c2nc(NC(=O)C(C)C)sc2CC(=O)O)cc1. The first-order valence-electron chi connectivity index (χ1n) is 7.52. The summed E-state index contributed by atoms with van der Waals surface area (Å²) in [6.07, 6.45) is 0.828. The van der Waals surface area contributed by atoms with Crippen LogP contribution in [-0.2, 0) is 22.4 Å². The summed E-state index contributed by atoms with van der Waals surface area (Å²) in [7, 11) is 0. The summed E-state index contributed by atoms with van der Waals surface area (Å²) in [5.41, 5.74) is 2.69. The Labute approximate surface area is 139 Å². The number of benzene rings is 1. The van der Waals surface area contributed by atoms with Crippen molar-refractivity contribution in [3.63, 3.8) is 0 Å². The third kappa shape index (κ3) is 4.39. The molecule has 0 fully saturated rings. The van der Waals surface area contributed by atoms with Crippen LogP contribution < -0.4 is 5.32 Å². The average Bonchev–Trinajstić information content (AvgIpc) is 2.88. The molecule has 0 atom stereocenters. The highest BCUT2D eigenvalue weighted by Crippen LogP contribution is 2.32. The summed E-state index contributed by atoms with van der Waals surface area (Å²) in [6.45, 7) is 5.67. The molecule has 0 aliphatic carbocycles. The number of thiazole rings is 1. The minimum atomic E-state index is -0.915. The van der Waals surface area contributed by atoms with Gasteiger partial charge < -0.3 is 10.4 Å². The van der Waals surface area contributed by atoms with E-state index in [0.717, 1.165) is 12.0 Å². The zero-order valence-corrected chi connectivity index (χ0v) is 14.2. The summed E-state index contributed by atoms with van der Waals surface area (Å²) in [4.78, 5) is 28.0. The highest BCUT2D eigenvalue weighted by Gasteiger charge is 2.18. The van der Waals surface area contributed by atoms with Crippen molar-refractivity contribution in [2.75, 3.05) is 5.32 Å². The molecule has 0 radical (unpaired) electrons. The number of carbonyl (C=O) groups excluding carboxylic acids is 1. The van der Waals surface area contributed by atoms with Crippen molar-refractivity contribution < 1.29 is 14.7 Å². The second kappa shape index (κ2) is 7.37. The Morgan fingerprint density at radius 1 is 1.26 bits per heavy atom. The van der Waals surface area contributed by atoms with Crippen LogP contribution in [0.4, 0.5) is 5.13 Å². The van der Waals surface area contributed by atoms with Crippen LogP contribution in [0, 0.1) is 5.92 Å². The number of hydrogen-bond donors (Lipinski definition) is 2. The van der Waals surface area contributed by atoms with E-state index in [1.54, 1.807) is 13.8 Å². The summed E-state index contributed by atoms with van der Waals surface area (Å²) in [5.74, 6) is -1.20. The van der Waals surface area contributed by atoms with Gasteiger partial charge in [0.15, 0.2) is 5.13 Å². The van der Waals surface area contributed by atoms with E-state index in [4.69, 9.17) is 5.11 Å². The van der Waals surface area contributed by atoms with Crippen LogP contribution in [-0.4, -0.2) is 22.0 Å². The Morgan fingerprint density at radius 3 is 2.43 bits per heavy atom. The molecule has 0 aliphatic heterocycles. The Bertz CT molecular complexity index is 705. The van der Waals surface area contributed by atoms with E-state index in [2.05, 4.69) is 17.2 Å². The number of amides is 1. The van der Waals surface area contributed by atoms with E-state index in [1.807, 2.05) is 24.3 Å². The Morgan fingerprint density at radius 2 is 1.91 bits per heavy atom. The van der Waals surface area contributed by atoms with E-state index < -0.39 is 5.97 Å². The lowest BCUT2D eigenvalue weighted by Crippen LogP contribution is -2.17. The molecule has 5 nitrogen and oxygen atoms in total. The van der Waals surface area contributed by atoms with Crippen molar-refractivity contribution in [3.8, 4) is 11.3 Å². The van der Waals surface area contributed by atoms with Crippen LogP contribution >= 0.6 is 11.3 Å². The van der Waals surface area contributed by atoms with Gasteiger partial charge in [-0.3, -0.25) is 9.59 Å². The third-order valence-electron chi connectivity index (χ3n) is 3.40. The standard InChI is InChI=1S/C17H20N2O3S/c1-4-11-5-7-12(8-6-11)15-13(9-14(20)21)23-17(18-15)19-16(22)10(2)3/h5-8,10H,4,9H2,1-3H3,(H,20,21)(H,18,19,22). The Kier molecular flexibility index (Phi) is 5.50. The number of hydrogen-bond acceptors (Lipinski definition) is 4. The Balaban J connectivity index is 2.36. The van der Waals surface area contributed by atoms with Gasteiger partial charge in [0, 0.05) is 16.4 Å². The molecule has 1 heterocycles. The van der Waals surface area contributed by atoms with Gasteiger partial charge in [0.1, 0.15) is 0 Å². The number of nitrogens with one attached hydrogen (secondary N) is 1. The van der Waals surface area contributed by atoms with Gasteiger partial charge in [-0.05, 0) is 12.0 Å². The van der Waals surface area contributed by atoms with E-state index in [1.165, 1.54) is 16.9 Å². The zero-order valence-electron chi connectivity index (χ0n) is 13.4. The van der Waals surface area contributed by atoms with Crippen molar-refractivity contribution in [2.24, 2.45) is 5.92 Å². The number of carboxylic acid groups (broad SMARTS) is 1. The molecule has 2 aromatic rings. The lowest BCUT2D eigenvalue weighted by atomic mass is 10.1. The van der Waals surface area contributed by atoms with Crippen LogP contribution in [0.5, 0.6) is 0 Å². The van der Waals surface area contributed by atoms with Crippen LogP contribution in [0.15, 0.2) is 24.3 Å². The number of aromatic nitrogens is 1. The zero-order chi connectivity index (χ0) is 17.0. The van der Waals surface area contributed by atoms with Crippen LogP contribution in [0.25, 0.3) is 11.3 Å². The molecule has 1 aromatic carbocycles. The fraction of sp³-hybridized carbons (Fsp3) is 0.353. The summed E-state index contributed by atoms with van der Waals surface area (Å²) < 4.78 is 0. The second-order valence-corrected chi connectivity index (χ2v) is 6.64. The quantitative estimate of drug-likeness (QED) is 0.847. The number of carboxylic acids is 1. The number of carbonyl (C=O) groups is 2. The third-order valence-corrected chi connectivity index (χ3v) is 4.37. The molecule has 122 valence electrons. The first-order chi connectivity index (χ1) is 10.9. The molecule has 0 aliphatic rings. The number of rotatable bonds is 6. The summed E-state index contributed by atoms with van der Waals surface area (Å²) >= 11 is 1.21. The maximum Gasteiger partial charge on any atom is 0.308 e. The normalized spacial score (nSPS) is 10.8. The summed E-state index contributed by atoms with van der Waals surface area (Å²) in [5, 5.41) is 12.3. The molecule has 2 N–H and O–H groups in total. The Hall–Kier alpha value is -2.21. The predicted octanol–water partition coefficient (Wildman–Crippen LogP) is 3.59. The van der Waals surface area contributed by atoms with Crippen LogP contribution in [0.3, 0.4) is 0 Å². The molecule has 0 unspecified atom stereocenters. The maximum absolute atomic E-state index is 11.8. The maximum atomic E-state index is 11.8. The molecule has 0 spiro atoms. The van der Waals surface area contributed by atoms with Gasteiger partial charge in [-0.1, -0.05) is 45.0 Å². The van der Waals surface area contributed by atoms with E-state index in [0.29, 0.717) is 15.7 Å². The minimum Gasteiger partial charge on any atom is -0.481 e. The molecular formula is C17H20N2O3S. The number of aryl methyl sites for hydroxylation is 1. The van der Waals surface area contributed by atoms with Gasteiger partial charge >= 0.3 is 5.97 Å². The topological polar surface area (TPSA) is 79.3 Å². The lowest BCUT2D eigenvalue weighted by molar-refractivity contribution is -0.136. The largest absolute Gasteiger partial charge is 0.481 e. The van der Waals surface area contributed by atoms with Gasteiger partial charge in [0.05, 0.1) is 12.1 Å². The van der Waals surface area contributed by atoms with Crippen molar-refractivity contribution >= 4 is 28.3 Å². The molecule has 1 aromatic heterocycles. The highest BCUT2D eigenvalue weighted by atomic mass is 32.1. The predicted molar refractivity (Wildman–Crippen MR) is 91.7 cm³/mol. The van der Waals surface area contributed by atoms with E-state index in [9.17, 15) is 9.59 Å². The fourth-order valence-corrected chi connectivity index (χ4v) is 3.01. The lowest BCUT2D eigenvalue weighted by Gasteiger charge is -2.03. The minimum absolute atomic E-state index is 0.111. The number of nitrogens with zero attached hydrogens (tertiary/aromatic N) is 1. The molecule has 0 bridgehead atoms. The molecule has 6 heteroatoms. The second-order valence-electron chi connectivity index (χ2n) is 5.56. The number of aliphatic carboxylic acids is 1. The molecule has 2 rings (SSSR count). The first-order valence-corrected chi connectivity index (χ1v) is 8.34. The first kappa shape index (κ1) is 17.1. The molecular weight excluding hydrogens is 312 g/mol. The van der Waals surface area contributed by atoms with Crippen molar-refractivity contribution in [1.82, 2.24) is 4.98 Å². The number of anilines is 1. The van der Waals surface area contributed by atoms with Crippen molar-refractivity contribution in [1.29, 1.82) is 0 Å². The monoisotopic (exact) mass is 332 g/mol. The van der Waals surface area contributed by atoms with Gasteiger partial charge in [-0.15, -0.1) is 11.3 Å². The van der Waals surface area contributed by atoms with Crippen LogP contribution in [0.2, 0.25) is 0 Å².